The number of hydrogen-bond acceptors (Lipinski definition) is 1. The van der Waals surface area contributed by atoms with Gasteiger partial charge in [-0.25, -0.2) is 8.78 Å². The Labute approximate surface area is 71.7 Å². The molecule has 0 amide bonds. The Morgan fingerprint density at radius 2 is 1.75 bits per heavy atom. The van der Waals surface area contributed by atoms with Crippen molar-refractivity contribution >= 4 is 0 Å². The lowest BCUT2D eigenvalue weighted by molar-refractivity contribution is 0.189. The van der Waals surface area contributed by atoms with Crippen LogP contribution in [0.25, 0.3) is 0 Å². The van der Waals surface area contributed by atoms with Crippen LogP contribution in [-0.2, 0) is 0 Å². The molecule has 0 aromatic carbocycles. The summed E-state index contributed by atoms with van der Waals surface area (Å²) in [6, 6.07) is 0. The van der Waals surface area contributed by atoms with E-state index in [1.807, 2.05) is 11.8 Å². The van der Waals surface area contributed by atoms with E-state index in [1.165, 1.54) is 0 Å². The summed E-state index contributed by atoms with van der Waals surface area (Å²) in [6.07, 6.45) is 0.525. The van der Waals surface area contributed by atoms with Crippen LogP contribution >= 0.6 is 0 Å². The molecule has 0 N–H and O–H groups in total. The van der Waals surface area contributed by atoms with Gasteiger partial charge in [0.15, 0.2) is 0 Å². The molecule has 0 aromatic heterocycles. The van der Waals surface area contributed by atoms with Crippen molar-refractivity contribution < 1.29 is 8.78 Å². The Morgan fingerprint density at radius 1 is 1.25 bits per heavy atom. The van der Waals surface area contributed by atoms with Gasteiger partial charge in [0, 0.05) is 18.6 Å². The smallest absolute Gasteiger partial charge is 0.115 e. The van der Waals surface area contributed by atoms with E-state index in [0.29, 0.717) is 25.9 Å². The third-order valence-corrected chi connectivity index (χ3v) is 3.37. The minimum absolute atomic E-state index is 0.126. The third kappa shape index (κ3) is 1.06. The molecule has 3 atom stereocenters. The van der Waals surface area contributed by atoms with Crippen LogP contribution in [0.5, 0.6) is 0 Å². The Bertz CT molecular complexity index is 169. The van der Waals surface area contributed by atoms with Crippen LogP contribution in [0.1, 0.15) is 26.2 Å². The van der Waals surface area contributed by atoms with Crippen LogP contribution in [0, 0.1) is 0 Å². The number of hydrogen-bond donors (Lipinski definition) is 0. The first kappa shape index (κ1) is 8.42. The Morgan fingerprint density at radius 3 is 2.08 bits per heavy atom. The summed E-state index contributed by atoms with van der Waals surface area (Å²) < 4.78 is 26.1. The van der Waals surface area contributed by atoms with E-state index in [2.05, 4.69) is 0 Å². The summed E-state index contributed by atoms with van der Waals surface area (Å²) in [7, 11) is 0. The monoisotopic (exact) mass is 175 g/mol. The molecule has 2 rings (SSSR count). The van der Waals surface area contributed by atoms with Crippen LogP contribution in [0.15, 0.2) is 0 Å². The van der Waals surface area contributed by atoms with Gasteiger partial charge in [-0.15, -0.1) is 0 Å². The first-order valence-corrected chi connectivity index (χ1v) is 4.69. The van der Waals surface area contributed by atoms with Gasteiger partial charge in [0.2, 0.25) is 0 Å². The molecule has 12 heavy (non-hydrogen) atoms. The minimum atomic E-state index is -0.725. The van der Waals surface area contributed by atoms with Crippen LogP contribution in [0.3, 0.4) is 0 Å². The van der Waals surface area contributed by atoms with Crippen molar-refractivity contribution in [3.05, 3.63) is 0 Å². The van der Waals surface area contributed by atoms with E-state index in [0.717, 1.165) is 6.42 Å². The van der Waals surface area contributed by atoms with Crippen molar-refractivity contribution in [1.82, 2.24) is 4.90 Å². The van der Waals surface area contributed by atoms with E-state index < -0.39 is 12.3 Å². The second-order valence-electron chi connectivity index (χ2n) is 4.09. The second kappa shape index (κ2) is 2.66. The van der Waals surface area contributed by atoms with Gasteiger partial charge in [0.25, 0.3) is 0 Å². The van der Waals surface area contributed by atoms with Crippen LogP contribution < -0.4 is 0 Å². The van der Waals surface area contributed by atoms with E-state index in [-0.39, 0.29) is 5.54 Å². The zero-order chi connectivity index (χ0) is 8.77. The normalized spacial score (nSPS) is 48.2. The molecule has 2 fully saturated rings. The predicted octanol–water partition coefficient (Wildman–Crippen LogP) is 1.92. The molecule has 0 aliphatic carbocycles. The fourth-order valence-electron chi connectivity index (χ4n) is 2.75. The standard InChI is InChI=1S/C9H15F2N/c1-2-9-3-7(10)5-12(9)6-8(11)4-9/h7-8H,2-6H2,1H3/t7-,8?,9?/m1/s1. The third-order valence-electron chi connectivity index (χ3n) is 3.37. The molecule has 2 unspecified atom stereocenters. The summed E-state index contributed by atoms with van der Waals surface area (Å²) in [4.78, 5) is 2.00. The van der Waals surface area contributed by atoms with Gasteiger partial charge in [-0.2, -0.15) is 0 Å². The minimum Gasteiger partial charge on any atom is -0.292 e. The van der Waals surface area contributed by atoms with Gasteiger partial charge >= 0.3 is 0 Å². The van der Waals surface area contributed by atoms with Crippen molar-refractivity contribution in [1.29, 1.82) is 0 Å². The summed E-state index contributed by atoms with van der Waals surface area (Å²) in [5, 5.41) is 0. The molecule has 2 aliphatic heterocycles. The highest BCUT2D eigenvalue weighted by atomic mass is 19.1. The van der Waals surface area contributed by atoms with Crippen molar-refractivity contribution in [3.8, 4) is 0 Å². The van der Waals surface area contributed by atoms with Gasteiger partial charge in [0.1, 0.15) is 12.3 Å². The Balaban J connectivity index is 2.16. The Kier molecular flexibility index (Phi) is 1.86. The quantitative estimate of drug-likeness (QED) is 0.588. The van der Waals surface area contributed by atoms with Gasteiger partial charge in [-0.3, -0.25) is 4.90 Å². The predicted molar refractivity (Wildman–Crippen MR) is 43.6 cm³/mol. The maximum Gasteiger partial charge on any atom is 0.115 e. The molecule has 3 heteroatoms. The fraction of sp³-hybridized carbons (Fsp3) is 1.00. The average molecular weight is 175 g/mol. The molecule has 70 valence electrons. The number of nitrogens with zero attached hydrogens (tertiary/aromatic N) is 1. The Hall–Kier alpha value is -0.180. The van der Waals surface area contributed by atoms with Gasteiger partial charge in [-0.1, -0.05) is 6.92 Å². The maximum atomic E-state index is 13.0. The number of halogens is 2. The fourth-order valence-corrected chi connectivity index (χ4v) is 2.75. The topological polar surface area (TPSA) is 3.24 Å². The molecule has 0 saturated carbocycles. The summed E-state index contributed by atoms with van der Waals surface area (Å²) in [6.45, 7) is 2.94. The molecule has 0 bridgehead atoms. The molecule has 1 nitrogen and oxygen atoms in total. The van der Waals surface area contributed by atoms with E-state index >= 15 is 0 Å². The van der Waals surface area contributed by atoms with E-state index in [4.69, 9.17) is 0 Å². The molecule has 0 aromatic rings. The lowest BCUT2D eigenvalue weighted by Crippen LogP contribution is -2.37. The molecule has 2 heterocycles. The van der Waals surface area contributed by atoms with Crippen LogP contribution in [0.4, 0.5) is 8.78 Å². The first-order chi connectivity index (χ1) is 5.66. The van der Waals surface area contributed by atoms with E-state index in [1.54, 1.807) is 0 Å². The maximum absolute atomic E-state index is 13.0. The van der Waals surface area contributed by atoms with Crippen molar-refractivity contribution in [2.45, 2.75) is 44.1 Å². The zero-order valence-corrected chi connectivity index (χ0v) is 7.39. The van der Waals surface area contributed by atoms with Gasteiger partial charge in [-0.05, 0) is 19.3 Å². The molecule has 2 saturated heterocycles. The van der Waals surface area contributed by atoms with Crippen molar-refractivity contribution in [2.24, 2.45) is 0 Å². The summed E-state index contributed by atoms with van der Waals surface area (Å²) >= 11 is 0. The SMILES string of the molecule is CCC12CC(F)CN1C[C@H](F)C2. The van der Waals surface area contributed by atoms with Crippen LogP contribution in [-0.4, -0.2) is 35.9 Å². The average Bonchev–Trinajstić information content (AvgIpc) is 2.40. The first-order valence-electron chi connectivity index (χ1n) is 4.69. The van der Waals surface area contributed by atoms with Crippen molar-refractivity contribution in [2.75, 3.05) is 13.1 Å². The number of fused-ring (bicyclic) bond motifs is 1. The number of alkyl halides is 2. The highest BCUT2D eigenvalue weighted by Crippen LogP contribution is 2.43. The summed E-state index contributed by atoms with van der Waals surface area (Å²) in [5.41, 5.74) is -0.126. The van der Waals surface area contributed by atoms with E-state index in [9.17, 15) is 8.78 Å². The zero-order valence-electron chi connectivity index (χ0n) is 7.39. The molecular formula is C9H15F2N. The molecule has 0 spiro atoms. The molecule has 2 aliphatic rings. The van der Waals surface area contributed by atoms with Gasteiger partial charge < -0.3 is 0 Å². The van der Waals surface area contributed by atoms with Crippen LogP contribution in [0.2, 0.25) is 0 Å². The lowest BCUT2D eigenvalue weighted by atomic mass is 9.90. The van der Waals surface area contributed by atoms with Gasteiger partial charge in [0.05, 0.1) is 0 Å². The highest BCUT2D eigenvalue weighted by molar-refractivity contribution is 5.05. The van der Waals surface area contributed by atoms with Crippen molar-refractivity contribution in [3.63, 3.8) is 0 Å². The second-order valence-corrected chi connectivity index (χ2v) is 4.09. The molecular weight excluding hydrogens is 160 g/mol. The molecule has 0 radical (unpaired) electrons. The summed E-state index contributed by atoms with van der Waals surface area (Å²) in [5.74, 6) is 0. The number of rotatable bonds is 1. The lowest BCUT2D eigenvalue weighted by Gasteiger charge is -2.29. The largest absolute Gasteiger partial charge is 0.292 e. The highest BCUT2D eigenvalue weighted by Gasteiger charge is 2.50.